The molecule has 7 heteroatoms. The number of pyridine rings is 1. The van der Waals surface area contributed by atoms with Crippen LogP contribution in [0.2, 0.25) is 0 Å². The second-order valence-electron chi connectivity index (χ2n) is 6.28. The molecular formula is C17H19N5OS. The SMILES string of the molecule is Cc1nsc(C)c1C(=O)N1CCCC(c2nnc3ccccn23)C1. The lowest BCUT2D eigenvalue weighted by molar-refractivity contribution is 0.0703. The van der Waals surface area contributed by atoms with Gasteiger partial charge in [-0.2, -0.15) is 4.37 Å². The highest BCUT2D eigenvalue weighted by atomic mass is 32.1. The molecule has 0 radical (unpaired) electrons. The minimum absolute atomic E-state index is 0.0947. The molecule has 3 aromatic rings. The number of fused-ring (bicyclic) bond motifs is 1. The molecule has 1 aliphatic heterocycles. The normalized spacial score (nSPS) is 18.2. The zero-order valence-electron chi connectivity index (χ0n) is 13.8. The highest BCUT2D eigenvalue weighted by Crippen LogP contribution is 2.28. The first-order valence-corrected chi connectivity index (χ1v) is 8.94. The van der Waals surface area contributed by atoms with Crippen LogP contribution in [0.5, 0.6) is 0 Å². The maximum Gasteiger partial charge on any atom is 0.256 e. The van der Waals surface area contributed by atoms with Crippen molar-refractivity contribution in [2.75, 3.05) is 13.1 Å². The molecule has 0 bridgehead atoms. The number of amides is 1. The zero-order valence-corrected chi connectivity index (χ0v) is 14.6. The molecule has 0 aromatic carbocycles. The molecule has 6 nitrogen and oxygen atoms in total. The van der Waals surface area contributed by atoms with Crippen molar-refractivity contribution in [2.24, 2.45) is 0 Å². The van der Waals surface area contributed by atoms with Gasteiger partial charge in [0.25, 0.3) is 5.91 Å². The number of aryl methyl sites for hydroxylation is 2. The molecule has 0 saturated carbocycles. The summed E-state index contributed by atoms with van der Waals surface area (Å²) in [4.78, 5) is 15.9. The van der Waals surface area contributed by atoms with Crippen LogP contribution in [-0.4, -0.2) is 42.9 Å². The minimum Gasteiger partial charge on any atom is -0.338 e. The van der Waals surface area contributed by atoms with Gasteiger partial charge in [-0.05, 0) is 50.4 Å². The molecule has 0 N–H and O–H groups in total. The van der Waals surface area contributed by atoms with Crippen molar-refractivity contribution in [1.82, 2.24) is 23.9 Å². The Bertz CT molecular complexity index is 880. The Morgan fingerprint density at radius 1 is 1.29 bits per heavy atom. The van der Waals surface area contributed by atoms with Gasteiger partial charge in [0, 0.05) is 30.1 Å². The summed E-state index contributed by atoms with van der Waals surface area (Å²) in [5.41, 5.74) is 2.45. The Labute approximate surface area is 144 Å². The van der Waals surface area contributed by atoms with E-state index in [1.807, 2.05) is 47.5 Å². The number of hydrogen-bond donors (Lipinski definition) is 0. The second kappa shape index (κ2) is 5.98. The number of hydrogen-bond acceptors (Lipinski definition) is 5. The number of aromatic nitrogens is 4. The van der Waals surface area contributed by atoms with Gasteiger partial charge in [-0.1, -0.05) is 6.07 Å². The molecule has 24 heavy (non-hydrogen) atoms. The van der Waals surface area contributed by atoms with Gasteiger partial charge in [-0.25, -0.2) is 0 Å². The van der Waals surface area contributed by atoms with E-state index in [-0.39, 0.29) is 11.8 Å². The Hall–Kier alpha value is -2.28. The van der Waals surface area contributed by atoms with Crippen molar-refractivity contribution in [3.05, 3.63) is 46.4 Å². The maximum absolute atomic E-state index is 12.9. The van der Waals surface area contributed by atoms with Crippen molar-refractivity contribution in [3.8, 4) is 0 Å². The van der Waals surface area contributed by atoms with E-state index in [1.165, 1.54) is 11.5 Å². The lowest BCUT2D eigenvalue weighted by Crippen LogP contribution is -2.40. The summed E-state index contributed by atoms with van der Waals surface area (Å²) < 4.78 is 6.34. The maximum atomic E-state index is 12.9. The molecule has 0 aliphatic carbocycles. The number of likely N-dealkylation sites (tertiary alicyclic amines) is 1. The summed E-state index contributed by atoms with van der Waals surface area (Å²) in [6, 6.07) is 5.89. The summed E-state index contributed by atoms with van der Waals surface area (Å²) >= 11 is 1.40. The van der Waals surface area contributed by atoms with Crippen LogP contribution in [0.3, 0.4) is 0 Å². The summed E-state index contributed by atoms with van der Waals surface area (Å²) in [5.74, 6) is 1.25. The molecule has 1 amide bonds. The van der Waals surface area contributed by atoms with Crippen molar-refractivity contribution in [3.63, 3.8) is 0 Å². The van der Waals surface area contributed by atoms with E-state index in [9.17, 15) is 4.79 Å². The van der Waals surface area contributed by atoms with E-state index in [0.29, 0.717) is 6.54 Å². The van der Waals surface area contributed by atoms with Gasteiger partial charge in [0.2, 0.25) is 0 Å². The fourth-order valence-electron chi connectivity index (χ4n) is 3.46. The van der Waals surface area contributed by atoms with E-state index in [1.54, 1.807) is 0 Å². The molecule has 0 spiro atoms. The average molecular weight is 341 g/mol. The van der Waals surface area contributed by atoms with E-state index in [4.69, 9.17) is 0 Å². The highest BCUT2D eigenvalue weighted by molar-refractivity contribution is 7.06. The Morgan fingerprint density at radius 2 is 2.17 bits per heavy atom. The number of piperidine rings is 1. The van der Waals surface area contributed by atoms with Gasteiger partial charge in [-0.15, -0.1) is 10.2 Å². The molecule has 4 heterocycles. The lowest BCUT2D eigenvalue weighted by Gasteiger charge is -2.32. The van der Waals surface area contributed by atoms with Gasteiger partial charge < -0.3 is 4.90 Å². The second-order valence-corrected chi connectivity index (χ2v) is 7.25. The van der Waals surface area contributed by atoms with Crippen molar-refractivity contribution in [2.45, 2.75) is 32.6 Å². The minimum atomic E-state index is 0.0947. The fraction of sp³-hybridized carbons (Fsp3) is 0.412. The van der Waals surface area contributed by atoms with Crippen molar-refractivity contribution >= 4 is 23.1 Å². The molecule has 1 unspecified atom stereocenters. The van der Waals surface area contributed by atoms with Crippen LogP contribution in [0.25, 0.3) is 5.65 Å². The quantitative estimate of drug-likeness (QED) is 0.719. The van der Waals surface area contributed by atoms with E-state index in [0.717, 1.165) is 47.0 Å². The molecule has 124 valence electrons. The molecule has 1 saturated heterocycles. The first-order chi connectivity index (χ1) is 11.6. The van der Waals surface area contributed by atoms with Gasteiger partial charge in [0.05, 0.1) is 11.3 Å². The third-order valence-electron chi connectivity index (χ3n) is 4.66. The summed E-state index contributed by atoms with van der Waals surface area (Å²) in [7, 11) is 0. The summed E-state index contributed by atoms with van der Waals surface area (Å²) in [6.07, 6.45) is 4.00. The monoisotopic (exact) mass is 341 g/mol. The number of nitrogens with zero attached hydrogens (tertiary/aromatic N) is 5. The smallest absolute Gasteiger partial charge is 0.256 e. The fourth-order valence-corrected chi connectivity index (χ4v) is 4.15. The van der Waals surface area contributed by atoms with Gasteiger partial charge in [0.1, 0.15) is 5.82 Å². The number of carbonyl (C=O) groups excluding carboxylic acids is 1. The van der Waals surface area contributed by atoms with Crippen LogP contribution < -0.4 is 0 Å². The zero-order chi connectivity index (χ0) is 16.7. The average Bonchev–Trinajstić information content (AvgIpc) is 3.18. The number of carbonyl (C=O) groups is 1. The first-order valence-electron chi connectivity index (χ1n) is 8.17. The van der Waals surface area contributed by atoms with Crippen molar-refractivity contribution < 1.29 is 4.79 Å². The summed E-state index contributed by atoms with van der Waals surface area (Å²) in [5, 5.41) is 8.62. The molecular weight excluding hydrogens is 322 g/mol. The predicted molar refractivity (Wildman–Crippen MR) is 92.5 cm³/mol. The Morgan fingerprint density at radius 3 is 2.96 bits per heavy atom. The third kappa shape index (κ3) is 2.49. The lowest BCUT2D eigenvalue weighted by atomic mass is 9.96. The van der Waals surface area contributed by atoms with E-state index < -0.39 is 0 Å². The van der Waals surface area contributed by atoms with Crippen LogP contribution in [0, 0.1) is 13.8 Å². The van der Waals surface area contributed by atoms with E-state index >= 15 is 0 Å². The Balaban J connectivity index is 1.61. The largest absolute Gasteiger partial charge is 0.338 e. The molecule has 1 fully saturated rings. The van der Waals surface area contributed by atoms with Crippen LogP contribution in [0.1, 0.15) is 45.5 Å². The molecule has 1 aliphatic rings. The first kappa shape index (κ1) is 15.3. The molecule has 4 rings (SSSR count). The van der Waals surface area contributed by atoms with Crippen molar-refractivity contribution in [1.29, 1.82) is 0 Å². The van der Waals surface area contributed by atoms with Crippen LogP contribution in [-0.2, 0) is 0 Å². The number of rotatable bonds is 2. The summed E-state index contributed by atoms with van der Waals surface area (Å²) in [6.45, 7) is 5.35. The topological polar surface area (TPSA) is 63.4 Å². The molecule has 3 aromatic heterocycles. The van der Waals surface area contributed by atoms with E-state index in [2.05, 4.69) is 14.6 Å². The van der Waals surface area contributed by atoms with Gasteiger partial charge in [0.15, 0.2) is 5.65 Å². The standard InChI is InChI=1S/C17H19N5OS/c1-11-15(12(2)24-20-11)17(23)21-8-5-6-13(10-21)16-19-18-14-7-3-4-9-22(14)16/h3-4,7,9,13H,5-6,8,10H2,1-2H3. The predicted octanol–water partition coefficient (Wildman–Crippen LogP) is 2.82. The Kier molecular flexibility index (Phi) is 3.80. The molecule has 1 atom stereocenters. The van der Waals surface area contributed by atoms with Gasteiger partial charge in [-0.3, -0.25) is 9.20 Å². The van der Waals surface area contributed by atoms with Gasteiger partial charge >= 0.3 is 0 Å². The van der Waals surface area contributed by atoms with Crippen LogP contribution in [0.4, 0.5) is 0 Å². The highest BCUT2D eigenvalue weighted by Gasteiger charge is 2.30. The van der Waals surface area contributed by atoms with Crippen LogP contribution in [0.15, 0.2) is 24.4 Å². The van der Waals surface area contributed by atoms with Crippen LogP contribution >= 0.6 is 11.5 Å². The third-order valence-corrected chi connectivity index (χ3v) is 5.50.